The average Bonchev–Trinajstić information content (AvgIpc) is 3.79. The minimum Gasteiger partial charge on any atom is -0.454 e. The maximum atomic E-state index is 6.64. The molecule has 0 N–H and O–H groups in total. The number of rotatable bonds is 0. The maximum Gasteiger partial charge on any atom is 0.333 e. The third kappa shape index (κ3) is 2.27. The third-order valence-electron chi connectivity index (χ3n) is 10.1. The molecule has 43 heavy (non-hydrogen) atoms. The van der Waals surface area contributed by atoms with Gasteiger partial charge < -0.3 is 13.5 Å². The van der Waals surface area contributed by atoms with Crippen LogP contribution in [0.2, 0.25) is 0 Å². The van der Waals surface area contributed by atoms with Gasteiger partial charge in [-0.05, 0) is 57.6 Å². The zero-order valence-electron chi connectivity index (χ0n) is 22.8. The molecular weight excluding hydrogens is 543 g/mol. The van der Waals surface area contributed by atoms with Crippen LogP contribution in [0, 0.1) is 0 Å². The van der Waals surface area contributed by atoms with Gasteiger partial charge in [-0.1, -0.05) is 84.9 Å². The molecule has 0 amide bonds. The Balaban J connectivity index is 1.41. The topological polar surface area (TPSA) is 23.0 Å². The molecule has 6 aromatic carbocycles. The van der Waals surface area contributed by atoms with Crippen LogP contribution in [0.4, 0.5) is 0 Å². The van der Waals surface area contributed by atoms with Crippen LogP contribution < -0.4 is 10.9 Å². The van der Waals surface area contributed by atoms with Crippen LogP contribution >= 0.6 is 11.3 Å². The standard InChI is InChI=1S/C38H19BN2OS/c1-2-10-21-20(9-1)19-28-32-31(21)24-13-7-15-26-33(24)41(36-23-12-4-6-18-30(23)43-38(26)36)39(32)27-16-8-14-25-34(27)40(28)35-22-11-3-5-17-29(22)42-37(25)35/h1-19H. The van der Waals surface area contributed by atoms with Crippen molar-refractivity contribution in [1.29, 1.82) is 0 Å². The van der Waals surface area contributed by atoms with Gasteiger partial charge in [-0.25, -0.2) is 0 Å². The van der Waals surface area contributed by atoms with E-state index in [1.807, 2.05) is 11.3 Å². The number of aromatic nitrogens is 2. The summed E-state index contributed by atoms with van der Waals surface area (Å²) in [7, 11) is 0. The van der Waals surface area contributed by atoms with Crippen molar-refractivity contribution < 1.29 is 4.42 Å². The smallest absolute Gasteiger partial charge is 0.333 e. The van der Waals surface area contributed by atoms with Gasteiger partial charge in [0.05, 0.1) is 15.7 Å². The Morgan fingerprint density at radius 2 is 1.37 bits per heavy atom. The second-order valence-electron chi connectivity index (χ2n) is 12.0. The van der Waals surface area contributed by atoms with Crippen molar-refractivity contribution in [2.24, 2.45) is 0 Å². The number of thiophene rings is 1. The molecule has 196 valence electrons. The highest BCUT2D eigenvalue weighted by atomic mass is 32.1. The molecule has 0 radical (unpaired) electrons. The molecule has 2 aliphatic heterocycles. The van der Waals surface area contributed by atoms with Gasteiger partial charge in [0.2, 0.25) is 0 Å². The van der Waals surface area contributed by atoms with Crippen molar-refractivity contribution >= 4 is 104 Å². The minimum atomic E-state index is 0.0454. The van der Waals surface area contributed by atoms with E-state index in [1.54, 1.807) is 0 Å². The predicted molar refractivity (Wildman–Crippen MR) is 182 cm³/mol. The summed E-state index contributed by atoms with van der Waals surface area (Å²) >= 11 is 1.92. The first kappa shape index (κ1) is 21.4. The van der Waals surface area contributed by atoms with E-state index in [1.165, 1.54) is 80.6 Å². The van der Waals surface area contributed by atoms with E-state index in [2.05, 4.69) is 124 Å². The molecular formula is C38H19BN2OS. The van der Waals surface area contributed by atoms with Gasteiger partial charge in [0.15, 0.2) is 5.58 Å². The van der Waals surface area contributed by atoms with Crippen molar-refractivity contribution in [1.82, 2.24) is 9.05 Å². The minimum absolute atomic E-state index is 0.0454. The highest BCUT2D eigenvalue weighted by Crippen LogP contribution is 2.49. The largest absolute Gasteiger partial charge is 0.454 e. The van der Waals surface area contributed by atoms with Crippen LogP contribution in [-0.4, -0.2) is 15.9 Å². The highest BCUT2D eigenvalue weighted by molar-refractivity contribution is 7.27. The molecule has 0 spiro atoms. The first-order chi connectivity index (χ1) is 21.4. The number of fused-ring (bicyclic) bond motifs is 16. The van der Waals surface area contributed by atoms with Crippen LogP contribution in [0.3, 0.4) is 0 Å². The maximum absolute atomic E-state index is 6.64. The summed E-state index contributed by atoms with van der Waals surface area (Å²) in [6, 6.07) is 42.5. The van der Waals surface area contributed by atoms with Crippen LogP contribution in [0.1, 0.15) is 0 Å². The molecule has 0 fully saturated rings. The van der Waals surface area contributed by atoms with Crippen LogP contribution in [0.15, 0.2) is 120 Å². The van der Waals surface area contributed by atoms with Gasteiger partial charge in [0.1, 0.15) is 11.1 Å². The molecule has 2 aliphatic rings. The molecule has 12 rings (SSSR count). The summed E-state index contributed by atoms with van der Waals surface area (Å²) in [6.45, 7) is 0.0454. The molecule has 0 bridgehead atoms. The summed E-state index contributed by atoms with van der Waals surface area (Å²) in [6.07, 6.45) is 0. The lowest BCUT2D eigenvalue weighted by molar-refractivity contribution is 0.673. The van der Waals surface area contributed by atoms with E-state index in [4.69, 9.17) is 4.42 Å². The van der Waals surface area contributed by atoms with Crippen molar-refractivity contribution in [2.75, 3.05) is 0 Å². The van der Waals surface area contributed by atoms with E-state index < -0.39 is 0 Å². The number of hydrogen-bond acceptors (Lipinski definition) is 2. The third-order valence-corrected chi connectivity index (χ3v) is 11.3. The Morgan fingerprint density at radius 3 is 2.33 bits per heavy atom. The molecule has 6 heterocycles. The Labute approximate surface area is 248 Å². The number of para-hydroxylation sites is 3. The lowest BCUT2D eigenvalue weighted by atomic mass is 9.45. The normalized spacial score (nSPS) is 13.5. The SMILES string of the molecule is c1ccc2c3c4c(cc2c1)-n1c2c(cccc2c2oc5ccccc5c21)B4n1c2c-3cccc2c2sc3ccccc3c21. The lowest BCUT2D eigenvalue weighted by Gasteiger charge is -2.34. The Morgan fingerprint density at radius 1 is 0.605 bits per heavy atom. The predicted octanol–water partition coefficient (Wildman–Crippen LogP) is 8.95. The van der Waals surface area contributed by atoms with Gasteiger partial charge in [-0.3, -0.25) is 0 Å². The molecule has 0 saturated carbocycles. The van der Waals surface area contributed by atoms with Gasteiger partial charge in [-0.2, -0.15) is 0 Å². The van der Waals surface area contributed by atoms with E-state index in [0.29, 0.717) is 0 Å². The molecule has 0 aliphatic carbocycles. The molecule has 10 aromatic rings. The van der Waals surface area contributed by atoms with Gasteiger partial charge in [-0.15, -0.1) is 11.3 Å². The van der Waals surface area contributed by atoms with Crippen LogP contribution in [-0.2, 0) is 0 Å². The second kappa shape index (κ2) is 7.03. The van der Waals surface area contributed by atoms with E-state index >= 15 is 0 Å². The van der Waals surface area contributed by atoms with Crippen molar-refractivity contribution in [2.45, 2.75) is 0 Å². The Kier molecular flexibility index (Phi) is 3.50. The molecule has 0 saturated heterocycles. The fraction of sp³-hybridized carbons (Fsp3) is 0. The zero-order chi connectivity index (χ0) is 27.6. The second-order valence-corrected chi connectivity index (χ2v) is 13.1. The number of furan rings is 1. The Bertz CT molecular complexity index is 2920. The zero-order valence-corrected chi connectivity index (χ0v) is 23.6. The molecule has 5 heteroatoms. The number of hydrogen-bond donors (Lipinski definition) is 0. The lowest BCUT2D eigenvalue weighted by Crippen LogP contribution is -2.55. The van der Waals surface area contributed by atoms with Gasteiger partial charge in [0, 0.05) is 43.0 Å². The molecule has 0 unspecified atom stereocenters. The molecule has 3 nitrogen and oxygen atoms in total. The van der Waals surface area contributed by atoms with E-state index in [0.717, 1.165) is 22.1 Å². The fourth-order valence-electron chi connectivity index (χ4n) is 8.54. The average molecular weight is 562 g/mol. The van der Waals surface area contributed by atoms with Crippen molar-refractivity contribution in [3.05, 3.63) is 115 Å². The summed E-state index contributed by atoms with van der Waals surface area (Å²) in [5.41, 5.74) is 13.7. The van der Waals surface area contributed by atoms with Crippen molar-refractivity contribution in [3.8, 4) is 16.8 Å². The molecule has 4 aromatic heterocycles. The van der Waals surface area contributed by atoms with E-state index in [-0.39, 0.29) is 6.85 Å². The molecule has 0 atom stereocenters. The number of benzene rings is 6. The first-order valence-electron chi connectivity index (χ1n) is 14.8. The Hall–Kier alpha value is -5.26. The van der Waals surface area contributed by atoms with Crippen molar-refractivity contribution in [3.63, 3.8) is 0 Å². The summed E-state index contributed by atoms with van der Waals surface area (Å²) in [5, 5.41) is 7.60. The van der Waals surface area contributed by atoms with Crippen LogP contribution in [0.25, 0.3) is 91.8 Å². The number of nitrogens with zero attached hydrogens (tertiary/aromatic N) is 2. The van der Waals surface area contributed by atoms with E-state index in [9.17, 15) is 0 Å². The van der Waals surface area contributed by atoms with Crippen LogP contribution in [0.5, 0.6) is 0 Å². The highest BCUT2D eigenvalue weighted by Gasteiger charge is 2.43. The van der Waals surface area contributed by atoms with Gasteiger partial charge >= 0.3 is 6.85 Å². The quantitative estimate of drug-likeness (QED) is 0.169. The fourth-order valence-corrected chi connectivity index (χ4v) is 9.76. The monoisotopic (exact) mass is 562 g/mol. The van der Waals surface area contributed by atoms with Gasteiger partial charge in [0.25, 0.3) is 0 Å². The summed E-state index contributed by atoms with van der Waals surface area (Å²) in [4.78, 5) is 0. The summed E-state index contributed by atoms with van der Waals surface area (Å²) < 4.78 is 14.6. The first-order valence-corrected chi connectivity index (χ1v) is 15.6. The summed E-state index contributed by atoms with van der Waals surface area (Å²) in [5.74, 6) is 0.